The van der Waals surface area contributed by atoms with Crippen molar-refractivity contribution >= 4 is 22.2 Å². The zero-order valence-electron chi connectivity index (χ0n) is 14.2. The van der Waals surface area contributed by atoms with Crippen LogP contribution in [0.2, 0.25) is 0 Å². The van der Waals surface area contributed by atoms with E-state index in [-0.39, 0.29) is 11.9 Å². The number of para-hydroxylation sites is 1. The summed E-state index contributed by atoms with van der Waals surface area (Å²) in [6.07, 6.45) is 4.48. The molecule has 1 fully saturated rings. The number of carbonyl (C=O) groups excluding carboxylic acids is 1. The minimum absolute atomic E-state index is 0.0648. The summed E-state index contributed by atoms with van der Waals surface area (Å²) in [5, 5.41) is 3.73. The average Bonchev–Trinajstić information content (AvgIpc) is 3.15. The molecular weight excluding hydrogens is 320 g/mol. The molecule has 0 atom stereocenters. The maximum Gasteiger partial charge on any atom is 0.255 e. The number of thiophene rings is 1. The number of ether oxygens (including phenoxy) is 1. The SMILES string of the molecule is CCOc1ccccc1-c1c(C)sc(N)c1C(=O)NC1CCCC1. The van der Waals surface area contributed by atoms with Crippen molar-refractivity contribution in [3.8, 4) is 16.9 Å². The third-order valence-corrected chi connectivity index (χ3v) is 5.42. The Morgan fingerprint density at radius 2 is 2.04 bits per heavy atom. The molecule has 0 radical (unpaired) electrons. The molecule has 0 bridgehead atoms. The lowest BCUT2D eigenvalue weighted by Gasteiger charge is -2.15. The number of nitrogens with one attached hydrogen (secondary N) is 1. The number of carbonyl (C=O) groups is 1. The summed E-state index contributed by atoms with van der Waals surface area (Å²) in [7, 11) is 0. The molecule has 1 amide bonds. The molecule has 1 aromatic heterocycles. The summed E-state index contributed by atoms with van der Waals surface area (Å²) in [5.74, 6) is 0.723. The van der Waals surface area contributed by atoms with Gasteiger partial charge in [-0.15, -0.1) is 11.3 Å². The van der Waals surface area contributed by atoms with Crippen LogP contribution in [0.1, 0.15) is 47.8 Å². The Labute approximate surface area is 147 Å². The summed E-state index contributed by atoms with van der Waals surface area (Å²) >= 11 is 1.47. The van der Waals surface area contributed by atoms with Crippen LogP contribution in [0, 0.1) is 6.92 Å². The van der Waals surface area contributed by atoms with E-state index in [1.54, 1.807) is 0 Å². The number of hydrogen-bond donors (Lipinski definition) is 2. The van der Waals surface area contributed by atoms with Gasteiger partial charge in [-0.1, -0.05) is 31.0 Å². The topological polar surface area (TPSA) is 64.3 Å². The first-order valence-corrected chi connectivity index (χ1v) is 9.35. The van der Waals surface area contributed by atoms with Gasteiger partial charge < -0.3 is 15.8 Å². The minimum Gasteiger partial charge on any atom is -0.493 e. The molecule has 0 unspecified atom stereocenters. The normalized spacial score (nSPS) is 14.8. The van der Waals surface area contributed by atoms with E-state index >= 15 is 0 Å². The van der Waals surface area contributed by atoms with Crippen LogP contribution >= 0.6 is 11.3 Å². The van der Waals surface area contributed by atoms with Crippen molar-refractivity contribution in [1.29, 1.82) is 0 Å². The monoisotopic (exact) mass is 344 g/mol. The van der Waals surface area contributed by atoms with Gasteiger partial charge >= 0.3 is 0 Å². The third kappa shape index (κ3) is 3.26. The fourth-order valence-electron chi connectivity index (χ4n) is 3.40. The molecule has 5 heteroatoms. The largest absolute Gasteiger partial charge is 0.493 e. The molecule has 3 N–H and O–H groups in total. The molecule has 24 heavy (non-hydrogen) atoms. The Kier molecular flexibility index (Phi) is 5.09. The molecule has 128 valence electrons. The van der Waals surface area contributed by atoms with E-state index < -0.39 is 0 Å². The van der Waals surface area contributed by atoms with E-state index in [9.17, 15) is 4.79 Å². The van der Waals surface area contributed by atoms with Crippen LogP contribution in [0.4, 0.5) is 5.00 Å². The molecule has 1 aliphatic carbocycles. The fourth-order valence-corrected chi connectivity index (χ4v) is 4.34. The molecule has 1 saturated carbocycles. The van der Waals surface area contributed by atoms with Crippen molar-refractivity contribution in [3.63, 3.8) is 0 Å². The van der Waals surface area contributed by atoms with Gasteiger partial charge in [0.05, 0.1) is 17.2 Å². The summed E-state index contributed by atoms with van der Waals surface area (Å²) in [6.45, 7) is 4.55. The van der Waals surface area contributed by atoms with E-state index in [0.717, 1.165) is 34.6 Å². The first-order chi connectivity index (χ1) is 11.6. The second-order valence-corrected chi connectivity index (χ2v) is 7.41. The lowest BCUT2D eigenvalue weighted by Crippen LogP contribution is -2.33. The van der Waals surface area contributed by atoms with Crippen LogP contribution in [0.5, 0.6) is 5.75 Å². The van der Waals surface area contributed by atoms with E-state index in [1.807, 2.05) is 38.1 Å². The van der Waals surface area contributed by atoms with Crippen molar-refractivity contribution in [2.24, 2.45) is 0 Å². The van der Waals surface area contributed by atoms with Crippen molar-refractivity contribution < 1.29 is 9.53 Å². The predicted molar refractivity (Wildman–Crippen MR) is 99.8 cm³/mol. The van der Waals surface area contributed by atoms with Gasteiger partial charge in [-0.05, 0) is 32.8 Å². The van der Waals surface area contributed by atoms with Gasteiger partial charge in [0.1, 0.15) is 5.75 Å². The molecule has 4 nitrogen and oxygen atoms in total. The van der Waals surface area contributed by atoms with Crippen LogP contribution < -0.4 is 15.8 Å². The van der Waals surface area contributed by atoms with E-state index in [0.29, 0.717) is 17.2 Å². The smallest absolute Gasteiger partial charge is 0.255 e. The standard InChI is InChI=1S/C19H24N2O2S/c1-3-23-15-11-7-6-10-14(15)16-12(2)24-18(20)17(16)19(22)21-13-8-4-5-9-13/h6-7,10-11,13H,3-5,8-9,20H2,1-2H3,(H,21,22). The highest BCUT2D eigenvalue weighted by molar-refractivity contribution is 7.16. The number of anilines is 1. The second-order valence-electron chi connectivity index (χ2n) is 6.16. The molecule has 1 aromatic carbocycles. The Balaban J connectivity index is 2.01. The molecular formula is C19H24N2O2S. The van der Waals surface area contributed by atoms with Gasteiger partial charge in [-0.2, -0.15) is 0 Å². The number of nitrogens with two attached hydrogens (primary N) is 1. The summed E-state index contributed by atoms with van der Waals surface area (Å²) < 4.78 is 5.76. The number of hydrogen-bond acceptors (Lipinski definition) is 4. The van der Waals surface area contributed by atoms with Crippen molar-refractivity contribution in [2.45, 2.75) is 45.6 Å². The highest BCUT2D eigenvalue weighted by Gasteiger charge is 2.26. The Bertz CT molecular complexity index is 733. The summed E-state index contributed by atoms with van der Waals surface area (Å²) in [5.41, 5.74) is 8.62. The summed E-state index contributed by atoms with van der Waals surface area (Å²) in [4.78, 5) is 13.9. The van der Waals surface area contributed by atoms with E-state index in [2.05, 4.69) is 5.32 Å². The van der Waals surface area contributed by atoms with E-state index in [1.165, 1.54) is 24.2 Å². The van der Waals surface area contributed by atoms with Gasteiger partial charge in [0.2, 0.25) is 0 Å². The lowest BCUT2D eigenvalue weighted by atomic mass is 9.99. The quantitative estimate of drug-likeness (QED) is 0.846. The molecule has 1 aliphatic rings. The van der Waals surface area contributed by atoms with Crippen molar-refractivity contribution in [1.82, 2.24) is 5.32 Å². The number of benzene rings is 1. The van der Waals surface area contributed by atoms with Crippen LogP contribution in [-0.2, 0) is 0 Å². The Morgan fingerprint density at radius 1 is 1.33 bits per heavy atom. The molecule has 2 aromatic rings. The van der Waals surface area contributed by atoms with Gasteiger partial charge in [-0.25, -0.2) is 0 Å². The number of amides is 1. The molecule has 0 aliphatic heterocycles. The van der Waals surface area contributed by atoms with Crippen molar-refractivity contribution in [3.05, 3.63) is 34.7 Å². The fraction of sp³-hybridized carbons (Fsp3) is 0.421. The van der Waals surface area contributed by atoms with E-state index in [4.69, 9.17) is 10.5 Å². The molecule has 1 heterocycles. The molecule has 3 rings (SSSR count). The van der Waals surface area contributed by atoms with Gasteiger partial charge in [0, 0.05) is 22.0 Å². The second kappa shape index (κ2) is 7.26. The zero-order chi connectivity index (χ0) is 17.1. The molecule has 0 spiro atoms. The number of nitrogen functional groups attached to an aromatic ring is 1. The first kappa shape index (κ1) is 16.8. The van der Waals surface area contributed by atoms with Crippen LogP contribution in [0.15, 0.2) is 24.3 Å². The highest BCUT2D eigenvalue weighted by atomic mass is 32.1. The molecule has 0 saturated heterocycles. The number of rotatable bonds is 5. The Morgan fingerprint density at radius 3 is 2.75 bits per heavy atom. The van der Waals surface area contributed by atoms with Crippen molar-refractivity contribution in [2.75, 3.05) is 12.3 Å². The minimum atomic E-state index is -0.0648. The first-order valence-electron chi connectivity index (χ1n) is 8.53. The summed E-state index contributed by atoms with van der Waals surface area (Å²) in [6, 6.07) is 8.10. The van der Waals surface area contributed by atoms with Gasteiger partial charge in [0.15, 0.2) is 0 Å². The van der Waals surface area contributed by atoms with Crippen LogP contribution in [0.25, 0.3) is 11.1 Å². The Hall–Kier alpha value is -2.01. The lowest BCUT2D eigenvalue weighted by molar-refractivity contribution is 0.0940. The van der Waals surface area contributed by atoms with Crippen LogP contribution in [0.3, 0.4) is 0 Å². The van der Waals surface area contributed by atoms with Crippen LogP contribution in [-0.4, -0.2) is 18.6 Å². The highest BCUT2D eigenvalue weighted by Crippen LogP contribution is 2.42. The predicted octanol–water partition coefficient (Wildman–Crippen LogP) is 4.38. The number of aryl methyl sites for hydroxylation is 1. The van der Waals surface area contributed by atoms with Gasteiger partial charge in [-0.3, -0.25) is 4.79 Å². The zero-order valence-corrected chi connectivity index (χ0v) is 15.0. The average molecular weight is 344 g/mol. The van der Waals surface area contributed by atoms with Gasteiger partial charge in [0.25, 0.3) is 5.91 Å². The maximum atomic E-state index is 12.9. The third-order valence-electron chi connectivity index (χ3n) is 4.49. The maximum absolute atomic E-state index is 12.9.